The minimum Gasteiger partial charge on any atom is -0.471 e. The van der Waals surface area contributed by atoms with E-state index in [1.807, 2.05) is 37.3 Å². The molecule has 0 saturated heterocycles. The average molecular weight is 434 g/mol. The number of rotatable bonds is 7. The molecule has 0 aliphatic rings. The molecule has 0 atom stereocenters. The number of carbonyl (C=O) groups is 2. The molecule has 0 spiro atoms. The van der Waals surface area contributed by atoms with Crippen LogP contribution in [0.3, 0.4) is 0 Å². The van der Waals surface area contributed by atoms with Crippen LogP contribution in [0.4, 0.5) is 11.4 Å². The van der Waals surface area contributed by atoms with Crippen LogP contribution in [0.25, 0.3) is 0 Å². The zero-order valence-electron chi connectivity index (χ0n) is 17.8. The lowest BCUT2D eigenvalue weighted by atomic mass is 10.3. The van der Waals surface area contributed by atoms with Crippen molar-refractivity contribution in [2.75, 3.05) is 10.6 Å². The molecule has 2 amide bonds. The summed E-state index contributed by atoms with van der Waals surface area (Å²) in [5.74, 6) is -0.190. The number of hydrogen-bond acceptors (Lipinski definition) is 6. The van der Waals surface area contributed by atoms with Crippen molar-refractivity contribution in [3.05, 3.63) is 72.1 Å². The second kappa shape index (κ2) is 8.76. The largest absolute Gasteiger partial charge is 0.471 e. The molecular weight excluding hydrogens is 412 g/mol. The number of ether oxygens (including phenoxy) is 1. The Morgan fingerprint density at radius 2 is 1.62 bits per heavy atom. The Morgan fingerprint density at radius 1 is 0.938 bits per heavy atom. The lowest BCUT2D eigenvalue weighted by Gasteiger charge is -2.08. The van der Waals surface area contributed by atoms with E-state index in [1.54, 1.807) is 37.2 Å². The minimum atomic E-state index is -0.469. The van der Waals surface area contributed by atoms with E-state index in [2.05, 4.69) is 25.9 Å². The Hall–Kier alpha value is -4.41. The van der Waals surface area contributed by atoms with E-state index < -0.39 is 11.8 Å². The molecule has 0 saturated carbocycles. The zero-order chi connectivity index (χ0) is 22.7. The van der Waals surface area contributed by atoms with Gasteiger partial charge in [0, 0.05) is 20.3 Å². The van der Waals surface area contributed by atoms with E-state index >= 15 is 0 Å². The van der Waals surface area contributed by atoms with E-state index in [1.165, 1.54) is 15.6 Å². The van der Waals surface area contributed by atoms with Crippen LogP contribution >= 0.6 is 0 Å². The normalized spacial score (nSPS) is 10.7. The summed E-state index contributed by atoms with van der Waals surface area (Å²) in [5, 5.41) is 17.9. The molecule has 0 unspecified atom stereocenters. The monoisotopic (exact) mass is 434 g/mol. The molecule has 32 heavy (non-hydrogen) atoms. The maximum absolute atomic E-state index is 12.8. The number of amides is 2. The highest BCUT2D eigenvalue weighted by Gasteiger charge is 2.21. The summed E-state index contributed by atoms with van der Waals surface area (Å²) in [4.78, 5) is 25.5. The van der Waals surface area contributed by atoms with E-state index in [9.17, 15) is 9.59 Å². The molecule has 0 fully saturated rings. The first kappa shape index (κ1) is 20.8. The highest BCUT2D eigenvalue weighted by Crippen LogP contribution is 2.19. The van der Waals surface area contributed by atoms with Gasteiger partial charge in [-0.25, -0.2) is 4.68 Å². The number of benzene rings is 1. The lowest BCUT2D eigenvalue weighted by Crippen LogP contribution is -2.21. The van der Waals surface area contributed by atoms with Gasteiger partial charge in [-0.05, 0) is 25.1 Å². The molecule has 1 aromatic carbocycles. The molecule has 2 N–H and O–H groups in total. The number of aryl methyl sites for hydroxylation is 2. The van der Waals surface area contributed by atoms with Crippen molar-refractivity contribution in [1.29, 1.82) is 0 Å². The van der Waals surface area contributed by atoms with Gasteiger partial charge in [-0.2, -0.15) is 15.3 Å². The molecule has 3 heterocycles. The van der Waals surface area contributed by atoms with Gasteiger partial charge in [0.05, 0.1) is 29.5 Å². The Bertz CT molecular complexity index is 1260. The number of carbonyl (C=O) groups excluding carboxylic acids is 2. The van der Waals surface area contributed by atoms with Crippen LogP contribution in [0.1, 0.15) is 26.7 Å². The second-order valence-electron chi connectivity index (χ2n) is 7.03. The van der Waals surface area contributed by atoms with Crippen LogP contribution in [0, 0.1) is 6.92 Å². The third-order valence-corrected chi connectivity index (χ3v) is 4.87. The van der Waals surface area contributed by atoms with Crippen molar-refractivity contribution in [2.24, 2.45) is 14.1 Å². The highest BCUT2D eigenvalue weighted by atomic mass is 16.5. The summed E-state index contributed by atoms with van der Waals surface area (Å²) in [6, 6.07) is 10.9. The number of aromatic nitrogens is 6. The van der Waals surface area contributed by atoms with Gasteiger partial charge in [-0.15, -0.1) is 0 Å². The van der Waals surface area contributed by atoms with E-state index in [0.29, 0.717) is 11.4 Å². The number of para-hydroxylation sites is 1. The van der Waals surface area contributed by atoms with Crippen molar-refractivity contribution in [3.63, 3.8) is 0 Å². The SMILES string of the molecule is Cc1c(NC(=O)c2c(NC(=O)c3ccn(COc4ccccc4)n3)cnn2C)cnn1C. The first-order valence-electron chi connectivity index (χ1n) is 9.77. The smallest absolute Gasteiger partial charge is 0.276 e. The fraction of sp³-hybridized carbons (Fsp3) is 0.190. The van der Waals surface area contributed by atoms with Crippen LogP contribution < -0.4 is 15.4 Å². The summed E-state index contributed by atoms with van der Waals surface area (Å²) in [5.41, 5.74) is 2.03. The summed E-state index contributed by atoms with van der Waals surface area (Å²) in [7, 11) is 3.40. The van der Waals surface area contributed by atoms with Crippen molar-refractivity contribution < 1.29 is 14.3 Å². The van der Waals surface area contributed by atoms with E-state index in [-0.39, 0.29) is 23.8 Å². The van der Waals surface area contributed by atoms with Crippen molar-refractivity contribution >= 4 is 23.2 Å². The van der Waals surface area contributed by atoms with Crippen LogP contribution in [0.5, 0.6) is 5.75 Å². The predicted molar refractivity (Wildman–Crippen MR) is 116 cm³/mol. The first-order valence-corrected chi connectivity index (χ1v) is 9.77. The molecule has 0 radical (unpaired) electrons. The van der Waals surface area contributed by atoms with Crippen LogP contribution in [-0.2, 0) is 20.8 Å². The summed E-state index contributed by atoms with van der Waals surface area (Å²) >= 11 is 0. The third kappa shape index (κ3) is 4.36. The van der Waals surface area contributed by atoms with Gasteiger partial charge in [0.25, 0.3) is 11.8 Å². The molecule has 4 rings (SSSR count). The van der Waals surface area contributed by atoms with Gasteiger partial charge >= 0.3 is 0 Å². The molecular formula is C21H22N8O3. The zero-order valence-corrected chi connectivity index (χ0v) is 17.8. The van der Waals surface area contributed by atoms with Crippen molar-refractivity contribution in [3.8, 4) is 5.75 Å². The number of hydrogen-bond donors (Lipinski definition) is 2. The summed E-state index contributed by atoms with van der Waals surface area (Å²) < 4.78 is 10.2. The van der Waals surface area contributed by atoms with Crippen molar-refractivity contribution in [2.45, 2.75) is 13.7 Å². The molecule has 4 aromatic rings. The number of nitrogens with one attached hydrogen (secondary N) is 2. The molecule has 0 bridgehead atoms. The molecule has 11 heteroatoms. The van der Waals surface area contributed by atoms with E-state index in [4.69, 9.17) is 4.74 Å². The van der Waals surface area contributed by atoms with Crippen molar-refractivity contribution in [1.82, 2.24) is 29.3 Å². The van der Waals surface area contributed by atoms with Gasteiger partial charge in [0.15, 0.2) is 12.4 Å². The van der Waals surface area contributed by atoms with Gasteiger partial charge in [0.2, 0.25) is 0 Å². The molecule has 11 nitrogen and oxygen atoms in total. The highest BCUT2D eigenvalue weighted by molar-refractivity contribution is 6.11. The van der Waals surface area contributed by atoms with Gasteiger partial charge in [0.1, 0.15) is 11.4 Å². The Kier molecular flexibility index (Phi) is 5.71. The predicted octanol–water partition coefficient (Wildman–Crippen LogP) is 2.20. The van der Waals surface area contributed by atoms with Gasteiger partial charge in [-0.1, -0.05) is 18.2 Å². The molecule has 3 aromatic heterocycles. The standard InChI is InChI=1S/C21H22N8O3/c1-14-17(11-22-27(14)2)24-21(31)19-18(12-23-28(19)3)25-20(30)16-9-10-29(26-16)13-32-15-7-5-4-6-8-15/h4-12H,13H2,1-3H3,(H,24,31)(H,25,30). The van der Waals surface area contributed by atoms with E-state index in [0.717, 1.165) is 5.69 Å². The third-order valence-electron chi connectivity index (χ3n) is 4.87. The fourth-order valence-corrected chi connectivity index (χ4v) is 3.00. The number of nitrogens with zero attached hydrogens (tertiary/aromatic N) is 6. The molecule has 0 aliphatic heterocycles. The van der Waals surface area contributed by atoms with Gasteiger partial charge in [-0.3, -0.25) is 19.0 Å². The van der Waals surface area contributed by atoms with Crippen LogP contribution in [0.2, 0.25) is 0 Å². The minimum absolute atomic E-state index is 0.155. The summed E-state index contributed by atoms with van der Waals surface area (Å²) in [6.07, 6.45) is 4.62. The topological polar surface area (TPSA) is 121 Å². The Morgan fingerprint density at radius 3 is 2.34 bits per heavy atom. The second-order valence-corrected chi connectivity index (χ2v) is 7.03. The Labute approximate surface area is 183 Å². The lowest BCUT2D eigenvalue weighted by molar-refractivity contribution is 0.101. The van der Waals surface area contributed by atoms with Gasteiger partial charge < -0.3 is 15.4 Å². The summed E-state index contributed by atoms with van der Waals surface area (Å²) in [6.45, 7) is 1.99. The van der Waals surface area contributed by atoms with Crippen LogP contribution in [0.15, 0.2) is 55.0 Å². The number of anilines is 2. The quantitative estimate of drug-likeness (QED) is 0.460. The molecule has 164 valence electrons. The molecule has 0 aliphatic carbocycles. The maximum atomic E-state index is 12.8. The maximum Gasteiger partial charge on any atom is 0.276 e. The van der Waals surface area contributed by atoms with Crippen LogP contribution in [-0.4, -0.2) is 41.2 Å². The Balaban J connectivity index is 1.43. The first-order chi connectivity index (χ1) is 15.4. The average Bonchev–Trinajstić information content (AvgIpc) is 3.49. The fourth-order valence-electron chi connectivity index (χ4n) is 3.00.